The normalized spacial score (nSPS) is 13.8. The van der Waals surface area contributed by atoms with Crippen LogP contribution in [-0.2, 0) is 19.8 Å². The number of nitrogens with one attached hydrogen (secondary N) is 1. The average molecular weight is 294 g/mol. The summed E-state index contributed by atoms with van der Waals surface area (Å²) >= 11 is 0. The molecule has 21 heavy (non-hydrogen) atoms. The Balaban J connectivity index is 2.83. The third-order valence-electron chi connectivity index (χ3n) is 3.32. The molecule has 1 rings (SSSR count). The lowest BCUT2D eigenvalue weighted by Gasteiger charge is -2.32. The molecule has 0 aliphatic rings. The molecule has 0 spiro atoms. The van der Waals surface area contributed by atoms with Crippen molar-refractivity contribution in [2.45, 2.75) is 25.3 Å². The molecule has 0 aromatic heterocycles. The van der Waals surface area contributed by atoms with Crippen LogP contribution in [-0.4, -0.2) is 39.4 Å². The summed E-state index contributed by atoms with van der Waals surface area (Å²) in [6.45, 7) is 4.12. The van der Waals surface area contributed by atoms with Gasteiger partial charge in [-0.2, -0.15) is 0 Å². The van der Waals surface area contributed by atoms with Gasteiger partial charge in [0, 0.05) is 20.3 Å². The number of hydrogen-bond acceptors (Lipinski definition) is 4. The molecular formula is C16H26N2O3. The first-order valence-corrected chi connectivity index (χ1v) is 7.34. The molecule has 3 N–H and O–H groups in total. The van der Waals surface area contributed by atoms with E-state index in [1.165, 1.54) is 0 Å². The van der Waals surface area contributed by atoms with Crippen molar-refractivity contribution in [3.05, 3.63) is 35.9 Å². The van der Waals surface area contributed by atoms with Crippen LogP contribution in [0.5, 0.6) is 0 Å². The van der Waals surface area contributed by atoms with Crippen molar-refractivity contribution < 1.29 is 14.3 Å². The Morgan fingerprint density at radius 3 is 2.57 bits per heavy atom. The van der Waals surface area contributed by atoms with Crippen LogP contribution in [0.15, 0.2) is 30.3 Å². The monoisotopic (exact) mass is 294 g/mol. The Hall–Kier alpha value is -1.43. The number of nitrogens with two attached hydrogens (primary N) is 1. The molecule has 0 heterocycles. The summed E-state index contributed by atoms with van der Waals surface area (Å²) in [5, 5.41) is 3.26. The van der Waals surface area contributed by atoms with E-state index in [-0.39, 0.29) is 6.61 Å². The molecule has 1 aromatic carbocycles. The molecule has 1 unspecified atom stereocenters. The summed E-state index contributed by atoms with van der Waals surface area (Å²) in [4.78, 5) is 12.1. The first kappa shape index (κ1) is 17.6. The van der Waals surface area contributed by atoms with Crippen LogP contribution < -0.4 is 11.1 Å². The fourth-order valence-electron chi connectivity index (χ4n) is 2.13. The predicted octanol–water partition coefficient (Wildman–Crippen LogP) is 1.42. The van der Waals surface area contributed by atoms with Crippen LogP contribution >= 0.6 is 0 Å². The molecule has 1 atom stereocenters. The highest BCUT2D eigenvalue weighted by Gasteiger charge is 2.38. The highest BCUT2D eigenvalue weighted by molar-refractivity contribution is 5.86. The number of carbonyl (C=O) groups is 1. The minimum atomic E-state index is -0.982. The first-order chi connectivity index (χ1) is 10.2. The molecule has 0 aliphatic carbocycles. The van der Waals surface area contributed by atoms with E-state index >= 15 is 0 Å². The number of primary amides is 1. The van der Waals surface area contributed by atoms with Gasteiger partial charge in [0.2, 0.25) is 5.91 Å². The maximum Gasteiger partial charge on any atom is 0.244 e. The summed E-state index contributed by atoms with van der Waals surface area (Å²) in [6, 6.07) is 9.49. The van der Waals surface area contributed by atoms with Crippen LogP contribution in [0.4, 0.5) is 0 Å². The number of methoxy groups -OCH3 is 1. The summed E-state index contributed by atoms with van der Waals surface area (Å²) in [7, 11) is 1.65. The maximum atomic E-state index is 12.1. The molecule has 0 bridgehead atoms. The molecule has 118 valence electrons. The number of ether oxygens (including phenoxy) is 2. The smallest absolute Gasteiger partial charge is 0.244 e. The molecule has 5 heteroatoms. The maximum absolute atomic E-state index is 12.1. The van der Waals surface area contributed by atoms with E-state index in [0.717, 1.165) is 18.4 Å². The van der Waals surface area contributed by atoms with Crippen molar-refractivity contribution in [2.75, 3.05) is 33.5 Å². The number of hydrogen-bond donors (Lipinski definition) is 2. The van der Waals surface area contributed by atoms with Gasteiger partial charge in [-0.1, -0.05) is 37.3 Å². The van der Waals surface area contributed by atoms with Crippen molar-refractivity contribution >= 4 is 5.91 Å². The molecule has 0 saturated heterocycles. The first-order valence-electron chi connectivity index (χ1n) is 7.34. The van der Waals surface area contributed by atoms with Crippen molar-refractivity contribution in [2.24, 2.45) is 5.73 Å². The largest absolute Gasteiger partial charge is 0.385 e. The standard InChI is InChI=1S/C16H26N2O3/c1-3-10-18-16(15(17)19,13-21-12-7-11-20-2)14-8-5-4-6-9-14/h4-6,8-9,18H,3,7,10-13H2,1-2H3,(H2,17,19). The van der Waals surface area contributed by atoms with Gasteiger partial charge in [-0.05, 0) is 24.9 Å². The van der Waals surface area contributed by atoms with Gasteiger partial charge in [-0.3, -0.25) is 10.1 Å². The van der Waals surface area contributed by atoms with E-state index in [9.17, 15) is 4.79 Å². The van der Waals surface area contributed by atoms with Gasteiger partial charge >= 0.3 is 0 Å². The summed E-state index contributed by atoms with van der Waals surface area (Å²) < 4.78 is 10.7. The van der Waals surface area contributed by atoms with E-state index in [0.29, 0.717) is 19.8 Å². The zero-order valence-corrected chi connectivity index (χ0v) is 12.9. The van der Waals surface area contributed by atoms with Crippen LogP contribution in [0.3, 0.4) is 0 Å². The van der Waals surface area contributed by atoms with Gasteiger partial charge < -0.3 is 15.2 Å². The summed E-state index contributed by atoms with van der Waals surface area (Å²) in [6.07, 6.45) is 1.69. The molecule has 1 amide bonds. The van der Waals surface area contributed by atoms with Crippen molar-refractivity contribution in [3.8, 4) is 0 Å². The van der Waals surface area contributed by atoms with Gasteiger partial charge in [0.05, 0.1) is 6.61 Å². The van der Waals surface area contributed by atoms with Crippen molar-refractivity contribution in [1.82, 2.24) is 5.32 Å². The zero-order chi connectivity index (χ0) is 15.6. The van der Waals surface area contributed by atoms with Crippen LogP contribution in [0.1, 0.15) is 25.3 Å². The van der Waals surface area contributed by atoms with Gasteiger partial charge in [-0.25, -0.2) is 0 Å². The quantitative estimate of drug-likeness (QED) is 0.605. The second-order valence-corrected chi connectivity index (χ2v) is 4.96. The minimum absolute atomic E-state index is 0.218. The van der Waals surface area contributed by atoms with Crippen LogP contribution in [0.25, 0.3) is 0 Å². The fraction of sp³-hybridized carbons (Fsp3) is 0.562. The van der Waals surface area contributed by atoms with Crippen LogP contribution in [0, 0.1) is 0 Å². The third-order valence-corrected chi connectivity index (χ3v) is 3.32. The molecule has 0 saturated carbocycles. The van der Waals surface area contributed by atoms with E-state index in [1.54, 1.807) is 7.11 Å². The van der Waals surface area contributed by atoms with Gasteiger partial charge in [0.1, 0.15) is 5.54 Å². The predicted molar refractivity (Wildman–Crippen MR) is 82.9 cm³/mol. The Bertz CT molecular complexity index is 411. The summed E-state index contributed by atoms with van der Waals surface area (Å²) in [5.41, 5.74) is 5.53. The Kier molecular flexibility index (Phi) is 7.97. The molecule has 0 fully saturated rings. The highest BCUT2D eigenvalue weighted by atomic mass is 16.5. The Labute approximate surface area is 126 Å². The number of rotatable bonds is 11. The summed E-state index contributed by atoms with van der Waals surface area (Å²) in [5.74, 6) is -0.422. The van der Waals surface area contributed by atoms with E-state index < -0.39 is 11.4 Å². The van der Waals surface area contributed by atoms with E-state index in [1.807, 2.05) is 37.3 Å². The third kappa shape index (κ3) is 5.12. The van der Waals surface area contributed by atoms with Gasteiger partial charge in [-0.15, -0.1) is 0 Å². The lowest BCUT2D eigenvalue weighted by Crippen LogP contribution is -2.56. The average Bonchev–Trinajstić information content (AvgIpc) is 2.51. The van der Waals surface area contributed by atoms with Gasteiger partial charge in [0.15, 0.2) is 0 Å². The van der Waals surface area contributed by atoms with E-state index in [2.05, 4.69) is 5.32 Å². The zero-order valence-electron chi connectivity index (χ0n) is 12.9. The van der Waals surface area contributed by atoms with Crippen molar-refractivity contribution in [1.29, 1.82) is 0 Å². The SMILES string of the molecule is CCCNC(COCCCOC)(C(N)=O)c1ccccc1. The topological polar surface area (TPSA) is 73.6 Å². The van der Waals surface area contributed by atoms with Crippen molar-refractivity contribution in [3.63, 3.8) is 0 Å². The Morgan fingerprint density at radius 1 is 1.29 bits per heavy atom. The van der Waals surface area contributed by atoms with E-state index in [4.69, 9.17) is 15.2 Å². The molecule has 0 aliphatic heterocycles. The number of benzene rings is 1. The minimum Gasteiger partial charge on any atom is -0.385 e. The Morgan fingerprint density at radius 2 is 2.00 bits per heavy atom. The molecule has 5 nitrogen and oxygen atoms in total. The lowest BCUT2D eigenvalue weighted by atomic mass is 9.89. The lowest BCUT2D eigenvalue weighted by molar-refractivity contribution is -0.127. The highest BCUT2D eigenvalue weighted by Crippen LogP contribution is 2.22. The van der Waals surface area contributed by atoms with Crippen LogP contribution in [0.2, 0.25) is 0 Å². The van der Waals surface area contributed by atoms with Gasteiger partial charge in [0.25, 0.3) is 0 Å². The fourth-order valence-corrected chi connectivity index (χ4v) is 2.13. The number of amides is 1. The number of carbonyl (C=O) groups excluding carboxylic acids is 1. The second kappa shape index (κ2) is 9.50. The molecular weight excluding hydrogens is 268 g/mol. The molecule has 0 radical (unpaired) electrons. The second-order valence-electron chi connectivity index (χ2n) is 4.96. The molecule has 1 aromatic rings.